The Kier molecular flexibility index (Phi) is 12.7. The van der Waals surface area contributed by atoms with E-state index in [4.69, 9.17) is 15.2 Å². The predicted octanol–water partition coefficient (Wildman–Crippen LogP) is 1.42. The Morgan fingerprint density at radius 3 is 1.65 bits per heavy atom. The maximum absolute atomic E-state index is 11.2. The van der Waals surface area contributed by atoms with E-state index in [1.807, 2.05) is 13.8 Å². The minimum absolute atomic E-state index is 0. The topological polar surface area (TPSA) is 78.6 Å². The second-order valence-corrected chi connectivity index (χ2v) is 3.52. The van der Waals surface area contributed by atoms with Crippen LogP contribution in [0, 0.1) is 0 Å². The number of carbonyl (C=O) groups excluding carboxylic acids is 2. The van der Waals surface area contributed by atoms with Gasteiger partial charge < -0.3 is 15.2 Å². The summed E-state index contributed by atoms with van der Waals surface area (Å²) in [7, 11) is 0. The van der Waals surface area contributed by atoms with Gasteiger partial charge >= 0.3 is 11.9 Å². The Morgan fingerprint density at radius 2 is 1.35 bits per heavy atom. The molecule has 0 aliphatic carbocycles. The normalized spacial score (nSPS) is 9.65. The highest BCUT2D eigenvalue weighted by atomic mass is 35.5. The van der Waals surface area contributed by atoms with Crippen molar-refractivity contribution >= 4 is 24.3 Å². The highest BCUT2D eigenvalue weighted by Gasteiger charge is 2.24. The highest BCUT2D eigenvalue weighted by Crippen LogP contribution is 1.95. The number of nitrogens with two attached hydrogens (primary N) is 1. The standard InChI is InChI=1S/C11H21NO4.ClH/c1-3-5-7-15-10(13)9(12)11(14)16-8-6-4-2;/h9H,3-8,12H2,1-2H3;1H. The SMILES string of the molecule is CCCCOC(=O)C(N)C(=O)OCCCC.Cl. The molecule has 0 rings (SSSR count). The van der Waals surface area contributed by atoms with E-state index in [0.29, 0.717) is 13.2 Å². The summed E-state index contributed by atoms with van der Waals surface area (Å²) in [5.74, 6) is -1.43. The van der Waals surface area contributed by atoms with Crippen molar-refractivity contribution in [1.82, 2.24) is 0 Å². The van der Waals surface area contributed by atoms with Gasteiger partial charge in [0.1, 0.15) is 0 Å². The second kappa shape index (κ2) is 11.7. The van der Waals surface area contributed by atoms with Gasteiger partial charge in [0, 0.05) is 0 Å². The Labute approximate surface area is 108 Å². The molecule has 0 aliphatic heterocycles. The van der Waals surface area contributed by atoms with Crippen molar-refractivity contribution in [2.45, 2.75) is 45.6 Å². The molecule has 0 aliphatic rings. The number of hydrogen-bond acceptors (Lipinski definition) is 5. The summed E-state index contributed by atoms with van der Waals surface area (Å²) in [5, 5.41) is 0. The summed E-state index contributed by atoms with van der Waals surface area (Å²) < 4.78 is 9.61. The lowest BCUT2D eigenvalue weighted by Gasteiger charge is -2.10. The van der Waals surface area contributed by atoms with Crippen LogP contribution in [0.4, 0.5) is 0 Å². The zero-order valence-electron chi connectivity index (χ0n) is 10.4. The van der Waals surface area contributed by atoms with Crippen LogP contribution in [0.5, 0.6) is 0 Å². The summed E-state index contributed by atoms with van der Waals surface area (Å²) in [4.78, 5) is 22.5. The van der Waals surface area contributed by atoms with Gasteiger partial charge in [-0.15, -0.1) is 12.4 Å². The van der Waals surface area contributed by atoms with Crippen LogP contribution < -0.4 is 5.73 Å². The first-order valence-corrected chi connectivity index (χ1v) is 5.72. The van der Waals surface area contributed by atoms with Crippen LogP contribution in [0.25, 0.3) is 0 Å². The van der Waals surface area contributed by atoms with Crippen LogP contribution in [0.15, 0.2) is 0 Å². The van der Waals surface area contributed by atoms with Gasteiger partial charge in [-0.2, -0.15) is 0 Å². The average molecular weight is 268 g/mol. The quantitative estimate of drug-likeness (QED) is 0.409. The summed E-state index contributed by atoms with van der Waals surface area (Å²) in [6, 6.07) is -1.31. The minimum Gasteiger partial charge on any atom is -0.464 e. The molecule has 5 nitrogen and oxygen atoms in total. The van der Waals surface area contributed by atoms with Gasteiger partial charge in [-0.25, -0.2) is 9.59 Å². The molecule has 0 unspecified atom stereocenters. The molecule has 0 aromatic rings. The van der Waals surface area contributed by atoms with Crippen molar-refractivity contribution in [2.24, 2.45) is 5.73 Å². The van der Waals surface area contributed by atoms with E-state index in [2.05, 4.69) is 0 Å². The fourth-order valence-corrected chi connectivity index (χ4v) is 0.910. The maximum Gasteiger partial charge on any atom is 0.334 e. The van der Waals surface area contributed by atoms with Crippen LogP contribution in [0.2, 0.25) is 0 Å². The average Bonchev–Trinajstić information content (AvgIpc) is 2.28. The van der Waals surface area contributed by atoms with E-state index < -0.39 is 18.0 Å². The second-order valence-electron chi connectivity index (χ2n) is 3.52. The van der Waals surface area contributed by atoms with Crippen LogP contribution in [0.3, 0.4) is 0 Å². The Bertz CT molecular complexity index is 202. The van der Waals surface area contributed by atoms with Gasteiger partial charge in [0.05, 0.1) is 13.2 Å². The van der Waals surface area contributed by atoms with Crippen molar-refractivity contribution in [2.75, 3.05) is 13.2 Å². The first kappa shape index (κ1) is 18.6. The first-order chi connectivity index (χ1) is 7.63. The summed E-state index contributed by atoms with van der Waals surface area (Å²) in [6.45, 7) is 4.55. The number of unbranched alkanes of at least 4 members (excludes halogenated alkanes) is 2. The largest absolute Gasteiger partial charge is 0.464 e. The van der Waals surface area contributed by atoms with Gasteiger partial charge in [0.25, 0.3) is 0 Å². The van der Waals surface area contributed by atoms with Crippen molar-refractivity contribution in [1.29, 1.82) is 0 Å². The first-order valence-electron chi connectivity index (χ1n) is 5.72. The molecule has 0 aromatic carbocycles. The fourth-order valence-electron chi connectivity index (χ4n) is 0.910. The van der Waals surface area contributed by atoms with Crippen molar-refractivity contribution < 1.29 is 19.1 Å². The molecular formula is C11H22ClNO4. The lowest BCUT2D eigenvalue weighted by Crippen LogP contribution is -2.41. The van der Waals surface area contributed by atoms with Gasteiger partial charge in [0.2, 0.25) is 6.04 Å². The third-order valence-electron chi connectivity index (χ3n) is 1.99. The zero-order valence-corrected chi connectivity index (χ0v) is 11.3. The molecule has 2 N–H and O–H groups in total. The number of hydrogen-bond donors (Lipinski definition) is 1. The molecule has 0 fully saturated rings. The van der Waals surface area contributed by atoms with Crippen molar-refractivity contribution in [3.8, 4) is 0 Å². The number of rotatable bonds is 8. The third-order valence-corrected chi connectivity index (χ3v) is 1.99. The van der Waals surface area contributed by atoms with E-state index >= 15 is 0 Å². The molecule has 6 heteroatoms. The Balaban J connectivity index is 0. The van der Waals surface area contributed by atoms with Crippen LogP contribution >= 0.6 is 12.4 Å². The molecule has 0 radical (unpaired) electrons. The smallest absolute Gasteiger partial charge is 0.334 e. The number of halogens is 1. The molecule has 0 heterocycles. The molecule has 0 saturated heterocycles. The minimum atomic E-state index is -1.31. The van der Waals surface area contributed by atoms with E-state index in [9.17, 15) is 9.59 Å². The summed E-state index contributed by atoms with van der Waals surface area (Å²) >= 11 is 0. The van der Waals surface area contributed by atoms with Crippen LogP contribution in [-0.4, -0.2) is 31.2 Å². The third kappa shape index (κ3) is 8.94. The molecule has 0 saturated carbocycles. The Morgan fingerprint density at radius 1 is 1.00 bits per heavy atom. The van der Waals surface area contributed by atoms with Crippen LogP contribution in [-0.2, 0) is 19.1 Å². The maximum atomic E-state index is 11.2. The molecule has 0 bridgehead atoms. The van der Waals surface area contributed by atoms with Gasteiger partial charge in [-0.3, -0.25) is 0 Å². The monoisotopic (exact) mass is 267 g/mol. The van der Waals surface area contributed by atoms with Gasteiger partial charge in [-0.1, -0.05) is 26.7 Å². The van der Waals surface area contributed by atoms with E-state index in [1.54, 1.807) is 0 Å². The number of carbonyl (C=O) groups is 2. The molecule has 102 valence electrons. The van der Waals surface area contributed by atoms with Crippen molar-refractivity contribution in [3.63, 3.8) is 0 Å². The van der Waals surface area contributed by atoms with Crippen LogP contribution in [0.1, 0.15) is 39.5 Å². The van der Waals surface area contributed by atoms with Crippen molar-refractivity contribution in [3.05, 3.63) is 0 Å². The van der Waals surface area contributed by atoms with Gasteiger partial charge in [0.15, 0.2) is 0 Å². The Hall–Kier alpha value is -0.810. The predicted molar refractivity (Wildman–Crippen MR) is 67.0 cm³/mol. The zero-order chi connectivity index (χ0) is 12.4. The molecular weight excluding hydrogens is 246 g/mol. The molecule has 0 amide bonds. The summed E-state index contributed by atoms with van der Waals surface area (Å²) in [6.07, 6.45) is 3.37. The lowest BCUT2D eigenvalue weighted by atomic mass is 10.3. The number of esters is 2. The van der Waals surface area contributed by atoms with E-state index in [0.717, 1.165) is 25.7 Å². The van der Waals surface area contributed by atoms with Gasteiger partial charge in [-0.05, 0) is 12.8 Å². The lowest BCUT2D eigenvalue weighted by molar-refractivity contribution is -0.157. The van der Waals surface area contributed by atoms with E-state index in [1.165, 1.54) is 0 Å². The van der Waals surface area contributed by atoms with E-state index in [-0.39, 0.29) is 12.4 Å². The highest BCUT2D eigenvalue weighted by molar-refractivity contribution is 5.98. The molecule has 17 heavy (non-hydrogen) atoms. The molecule has 0 atom stereocenters. The summed E-state index contributed by atoms with van der Waals surface area (Å²) in [5.41, 5.74) is 5.38. The fraction of sp³-hybridized carbons (Fsp3) is 0.818. The molecule has 0 aromatic heterocycles. The number of ether oxygens (including phenoxy) is 2. The molecule has 0 spiro atoms.